The minimum Gasteiger partial charge on any atom is -0.383 e. The summed E-state index contributed by atoms with van der Waals surface area (Å²) in [5.41, 5.74) is 0. The molecule has 1 rings (SSSR count). The summed E-state index contributed by atoms with van der Waals surface area (Å²) >= 11 is 0. The second-order valence-corrected chi connectivity index (χ2v) is 3.21. The third kappa shape index (κ3) is 1.97. The van der Waals surface area contributed by atoms with E-state index in [9.17, 15) is 4.79 Å². The number of carbonyl (C=O) groups excluding carboxylic acids is 1. The van der Waals surface area contributed by atoms with E-state index in [2.05, 4.69) is 6.92 Å². The zero-order valence-electron chi connectivity index (χ0n) is 7.88. The molecule has 0 N–H and O–H groups in total. The zero-order chi connectivity index (χ0) is 8.97. The molecule has 0 saturated carbocycles. The van der Waals surface area contributed by atoms with Gasteiger partial charge in [-0.15, -0.1) is 0 Å². The quantitative estimate of drug-likeness (QED) is 0.632. The van der Waals surface area contributed by atoms with E-state index in [1.165, 1.54) is 0 Å². The van der Waals surface area contributed by atoms with Crippen molar-refractivity contribution in [2.24, 2.45) is 0 Å². The summed E-state index contributed by atoms with van der Waals surface area (Å²) in [5.74, 6) is 0.291. The Bertz CT molecular complexity index is 159. The number of hydrogen-bond donors (Lipinski definition) is 0. The smallest absolute Gasteiger partial charge is 0.222 e. The van der Waals surface area contributed by atoms with E-state index in [0.717, 1.165) is 25.8 Å². The van der Waals surface area contributed by atoms with Gasteiger partial charge in [-0.2, -0.15) is 0 Å². The third-order valence-corrected chi connectivity index (χ3v) is 2.38. The predicted octanol–water partition coefficient (Wildman–Crippen LogP) is 1.03. The Balaban J connectivity index is 2.46. The van der Waals surface area contributed by atoms with Gasteiger partial charge in [0.15, 0.2) is 0 Å². The molecule has 1 heterocycles. The van der Waals surface area contributed by atoms with Crippen molar-refractivity contribution in [3.8, 4) is 0 Å². The van der Waals surface area contributed by atoms with E-state index in [-0.39, 0.29) is 0 Å². The summed E-state index contributed by atoms with van der Waals surface area (Å²) in [6.07, 6.45) is 2.72. The molecule has 1 saturated heterocycles. The van der Waals surface area contributed by atoms with Gasteiger partial charge in [-0.1, -0.05) is 6.92 Å². The molecule has 12 heavy (non-hydrogen) atoms. The van der Waals surface area contributed by atoms with E-state index in [1.807, 2.05) is 4.90 Å². The Hall–Kier alpha value is -0.570. The number of amides is 1. The molecule has 3 heteroatoms. The van der Waals surface area contributed by atoms with Crippen LogP contribution in [-0.4, -0.2) is 37.1 Å². The van der Waals surface area contributed by atoms with Crippen molar-refractivity contribution in [2.75, 3.05) is 20.3 Å². The van der Waals surface area contributed by atoms with Gasteiger partial charge in [-0.05, 0) is 12.8 Å². The number of carbonyl (C=O) groups is 1. The molecule has 3 nitrogen and oxygen atoms in total. The van der Waals surface area contributed by atoms with Gasteiger partial charge < -0.3 is 9.64 Å². The van der Waals surface area contributed by atoms with E-state index in [1.54, 1.807) is 7.11 Å². The van der Waals surface area contributed by atoms with Gasteiger partial charge in [-0.3, -0.25) is 4.79 Å². The standard InChI is InChI=1S/C9H17NO2/c1-3-8(7-12-2)10-6-4-5-9(10)11/h8H,3-7H2,1-2H3/t8-/m0/s1. The SMILES string of the molecule is CC[C@@H](COC)N1CCCC1=O. The van der Waals surface area contributed by atoms with Crippen LogP contribution in [0.25, 0.3) is 0 Å². The minimum atomic E-state index is 0.291. The lowest BCUT2D eigenvalue weighted by molar-refractivity contribution is -0.130. The van der Waals surface area contributed by atoms with E-state index in [4.69, 9.17) is 4.74 Å². The van der Waals surface area contributed by atoms with Crippen LogP contribution >= 0.6 is 0 Å². The molecule has 70 valence electrons. The Labute approximate surface area is 73.7 Å². The first kappa shape index (κ1) is 9.52. The molecule has 0 radical (unpaired) electrons. The first-order chi connectivity index (χ1) is 5.79. The van der Waals surface area contributed by atoms with Crippen LogP contribution in [0.1, 0.15) is 26.2 Å². The lowest BCUT2D eigenvalue weighted by atomic mass is 10.2. The van der Waals surface area contributed by atoms with Gasteiger partial charge in [0.1, 0.15) is 0 Å². The van der Waals surface area contributed by atoms with Crippen molar-refractivity contribution < 1.29 is 9.53 Å². The molecule has 1 atom stereocenters. The van der Waals surface area contributed by atoms with Crippen LogP contribution in [0.2, 0.25) is 0 Å². The Kier molecular flexibility index (Phi) is 3.53. The highest BCUT2D eigenvalue weighted by atomic mass is 16.5. The van der Waals surface area contributed by atoms with Crippen LogP contribution in [0.15, 0.2) is 0 Å². The lowest BCUT2D eigenvalue weighted by Crippen LogP contribution is -2.38. The number of ether oxygens (including phenoxy) is 1. The maximum atomic E-state index is 11.3. The van der Waals surface area contributed by atoms with Crippen LogP contribution in [0.3, 0.4) is 0 Å². The maximum Gasteiger partial charge on any atom is 0.222 e. The molecule has 0 aromatic carbocycles. The second kappa shape index (κ2) is 4.45. The molecule has 0 aliphatic carbocycles. The van der Waals surface area contributed by atoms with Crippen molar-refractivity contribution in [3.63, 3.8) is 0 Å². The first-order valence-electron chi connectivity index (χ1n) is 4.58. The van der Waals surface area contributed by atoms with Gasteiger partial charge >= 0.3 is 0 Å². The molecule has 1 aliphatic rings. The fraction of sp³-hybridized carbons (Fsp3) is 0.889. The average Bonchev–Trinajstić information content (AvgIpc) is 2.47. The van der Waals surface area contributed by atoms with Crippen molar-refractivity contribution in [1.29, 1.82) is 0 Å². The summed E-state index contributed by atoms with van der Waals surface area (Å²) in [7, 11) is 1.68. The highest BCUT2D eigenvalue weighted by molar-refractivity contribution is 5.78. The molecular weight excluding hydrogens is 154 g/mol. The number of hydrogen-bond acceptors (Lipinski definition) is 2. The van der Waals surface area contributed by atoms with Crippen molar-refractivity contribution in [2.45, 2.75) is 32.2 Å². The van der Waals surface area contributed by atoms with Crippen LogP contribution in [0, 0.1) is 0 Å². The number of rotatable bonds is 4. The van der Waals surface area contributed by atoms with Gasteiger partial charge in [0.2, 0.25) is 5.91 Å². The second-order valence-electron chi connectivity index (χ2n) is 3.21. The molecule has 0 bridgehead atoms. The Morgan fingerprint density at radius 1 is 1.67 bits per heavy atom. The molecule has 0 aromatic heterocycles. The van der Waals surface area contributed by atoms with E-state index >= 15 is 0 Å². The summed E-state index contributed by atoms with van der Waals surface area (Å²) in [6.45, 7) is 3.68. The number of methoxy groups -OCH3 is 1. The summed E-state index contributed by atoms with van der Waals surface area (Å²) in [6, 6.07) is 0.296. The highest BCUT2D eigenvalue weighted by Crippen LogP contribution is 2.15. The van der Waals surface area contributed by atoms with Crippen molar-refractivity contribution in [1.82, 2.24) is 4.90 Å². The summed E-state index contributed by atoms with van der Waals surface area (Å²) in [5, 5.41) is 0. The van der Waals surface area contributed by atoms with Gasteiger partial charge in [0.25, 0.3) is 0 Å². The fourth-order valence-corrected chi connectivity index (χ4v) is 1.68. The molecule has 1 aliphatic heterocycles. The highest BCUT2D eigenvalue weighted by Gasteiger charge is 2.26. The van der Waals surface area contributed by atoms with Crippen molar-refractivity contribution in [3.05, 3.63) is 0 Å². The molecule has 1 amide bonds. The van der Waals surface area contributed by atoms with E-state index in [0.29, 0.717) is 18.6 Å². The van der Waals surface area contributed by atoms with Gasteiger partial charge in [0, 0.05) is 20.1 Å². The molecule has 0 spiro atoms. The summed E-state index contributed by atoms with van der Waals surface area (Å²) < 4.78 is 5.06. The Morgan fingerprint density at radius 2 is 2.42 bits per heavy atom. The fourth-order valence-electron chi connectivity index (χ4n) is 1.68. The summed E-state index contributed by atoms with van der Waals surface area (Å²) in [4.78, 5) is 13.3. The predicted molar refractivity (Wildman–Crippen MR) is 46.9 cm³/mol. The van der Waals surface area contributed by atoms with E-state index < -0.39 is 0 Å². The largest absolute Gasteiger partial charge is 0.383 e. The van der Waals surface area contributed by atoms with Gasteiger partial charge in [-0.25, -0.2) is 0 Å². The third-order valence-electron chi connectivity index (χ3n) is 2.38. The number of likely N-dealkylation sites (tertiary alicyclic amines) is 1. The average molecular weight is 171 g/mol. The normalized spacial score (nSPS) is 20.2. The van der Waals surface area contributed by atoms with Crippen LogP contribution in [0.5, 0.6) is 0 Å². The van der Waals surface area contributed by atoms with Crippen LogP contribution in [0.4, 0.5) is 0 Å². The van der Waals surface area contributed by atoms with Gasteiger partial charge in [0.05, 0.1) is 12.6 Å². The number of nitrogens with zero attached hydrogens (tertiary/aromatic N) is 1. The lowest BCUT2D eigenvalue weighted by Gasteiger charge is -2.25. The zero-order valence-corrected chi connectivity index (χ0v) is 7.88. The Morgan fingerprint density at radius 3 is 2.83 bits per heavy atom. The topological polar surface area (TPSA) is 29.5 Å². The monoisotopic (exact) mass is 171 g/mol. The molecule has 1 fully saturated rings. The first-order valence-corrected chi connectivity index (χ1v) is 4.58. The van der Waals surface area contributed by atoms with Crippen LogP contribution < -0.4 is 0 Å². The molecular formula is C9H17NO2. The molecule has 0 aromatic rings. The van der Waals surface area contributed by atoms with Crippen molar-refractivity contribution >= 4 is 5.91 Å². The maximum absolute atomic E-state index is 11.3. The van der Waals surface area contributed by atoms with Crippen LogP contribution in [-0.2, 0) is 9.53 Å². The molecule has 0 unspecified atom stereocenters. The minimum absolute atomic E-state index is 0.291.